The van der Waals surface area contributed by atoms with Crippen molar-refractivity contribution in [3.05, 3.63) is 54.1 Å². The summed E-state index contributed by atoms with van der Waals surface area (Å²) in [5.74, 6) is 0.310. The Morgan fingerprint density at radius 1 is 1.00 bits per heavy atom. The van der Waals surface area contributed by atoms with Crippen molar-refractivity contribution >= 4 is 30.0 Å². The van der Waals surface area contributed by atoms with Crippen molar-refractivity contribution in [3.63, 3.8) is 0 Å². The van der Waals surface area contributed by atoms with E-state index in [-0.39, 0.29) is 52.5 Å². The van der Waals surface area contributed by atoms with Gasteiger partial charge >= 0.3 is 11.9 Å². The zero-order chi connectivity index (χ0) is 37.0. The number of carbonyl (C=O) groups is 2. The number of fused-ring (bicyclic) bond motifs is 1. The number of esters is 2. The van der Waals surface area contributed by atoms with Crippen molar-refractivity contribution < 1.29 is 32.7 Å². The summed E-state index contributed by atoms with van der Waals surface area (Å²) in [4.78, 5) is 27.7. The summed E-state index contributed by atoms with van der Waals surface area (Å²) in [6, 6.07) is 9.54. The first-order chi connectivity index (χ1) is 23.4. The molecule has 2 unspecified atom stereocenters. The van der Waals surface area contributed by atoms with E-state index in [1.54, 1.807) is 0 Å². The maximum Gasteiger partial charge on any atom is 0.347 e. The van der Waals surface area contributed by atoms with Crippen LogP contribution in [0.4, 0.5) is 0 Å². The van der Waals surface area contributed by atoms with Crippen LogP contribution in [0.5, 0.6) is 5.75 Å². The van der Waals surface area contributed by atoms with Gasteiger partial charge in [-0.1, -0.05) is 98.2 Å². The van der Waals surface area contributed by atoms with Gasteiger partial charge in [0.2, 0.25) is 0 Å². The van der Waals surface area contributed by atoms with Crippen molar-refractivity contribution in [2.75, 3.05) is 0 Å². The molecular formula is C41H66O7Si2. The van der Waals surface area contributed by atoms with Crippen LogP contribution in [0.3, 0.4) is 0 Å². The van der Waals surface area contributed by atoms with Gasteiger partial charge in [0.15, 0.2) is 24.2 Å². The Hall–Kier alpha value is -2.21. The Morgan fingerprint density at radius 2 is 1.68 bits per heavy atom. The Labute approximate surface area is 306 Å². The second kappa shape index (κ2) is 16.6. The summed E-state index contributed by atoms with van der Waals surface area (Å²) in [6.45, 7) is 26.3. The highest BCUT2D eigenvalue weighted by atomic mass is 28.3. The van der Waals surface area contributed by atoms with E-state index in [4.69, 9.17) is 23.1 Å². The number of ether oxygens (including phenoxy) is 3. The van der Waals surface area contributed by atoms with Gasteiger partial charge in [-0.05, 0) is 92.7 Å². The molecule has 7 nitrogen and oxygen atoms in total. The van der Waals surface area contributed by atoms with E-state index in [2.05, 4.69) is 99.8 Å². The molecule has 1 fully saturated rings. The zero-order valence-corrected chi connectivity index (χ0v) is 35.3. The number of cyclic esters (lactones) is 1. The van der Waals surface area contributed by atoms with E-state index < -0.39 is 42.0 Å². The van der Waals surface area contributed by atoms with Crippen LogP contribution in [0.25, 0.3) is 0 Å². The van der Waals surface area contributed by atoms with Gasteiger partial charge in [-0.25, -0.2) is 9.59 Å². The van der Waals surface area contributed by atoms with Gasteiger partial charge in [-0.15, -0.1) is 0 Å². The molecule has 9 atom stereocenters. The molecule has 0 saturated carbocycles. The second-order valence-electron chi connectivity index (χ2n) is 17.7. The van der Waals surface area contributed by atoms with Crippen LogP contribution in [-0.4, -0.2) is 60.0 Å². The lowest BCUT2D eigenvalue weighted by molar-refractivity contribution is -0.180. The first kappa shape index (κ1) is 40.6. The third kappa shape index (κ3) is 9.81. The number of rotatable bonds is 13. The summed E-state index contributed by atoms with van der Waals surface area (Å²) >= 11 is 0. The van der Waals surface area contributed by atoms with Crippen molar-refractivity contribution in [1.82, 2.24) is 0 Å². The van der Waals surface area contributed by atoms with Crippen molar-refractivity contribution in [2.24, 2.45) is 34.5 Å². The molecule has 0 radical (unpaired) electrons. The predicted molar refractivity (Wildman–Crippen MR) is 206 cm³/mol. The van der Waals surface area contributed by atoms with Crippen LogP contribution in [-0.2, 0) is 27.9 Å². The average Bonchev–Trinajstić information content (AvgIpc) is 3.01. The van der Waals surface area contributed by atoms with E-state index in [1.165, 1.54) is 5.57 Å². The number of benzene rings is 1. The molecular weight excluding hydrogens is 661 g/mol. The monoisotopic (exact) mass is 726 g/mol. The van der Waals surface area contributed by atoms with Gasteiger partial charge in [0.1, 0.15) is 24.1 Å². The topological polar surface area (TPSA) is 80.3 Å². The molecule has 1 aliphatic heterocycles. The molecule has 1 saturated heterocycles. The molecule has 50 heavy (non-hydrogen) atoms. The summed E-state index contributed by atoms with van der Waals surface area (Å²) in [5.41, 5.74) is 0.441. The Kier molecular flexibility index (Phi) is 13.5. The SMILES string of the molecule is CCCC(Oc1ccccc1)C(=O)O[C@H]1C[C@H](C(C)(C)C)C=C2C=C[C@H](C)[C@](CC[C@@H]3C[C@H](C(C)(C)C)C(O[SiH](C)C)C(=O)O3)(O[SiH](C)C)[C@H]21. The van der Waals surface area contributed by atoms with Crippen LogP contribution in [0, 0.1) is 34.5 Å². The normalized spacial score (nSPS) is 30.8. The molecule has 0 aromatic heterocycles. The molecule has 3 aliphatic rings. The van der Waals surface area contributed by atoms with Crippen LogP contribution in [0.2, 0.25) is 26.2 Å². The Balaban J connectivity index is 1.70. The van der Waals surface area contributed by atoms with E-state index in [0.717, 1.165) is 12.8 Å². The highest BCUT2D eigenvalue weighted by Gasteiger charge is 2.55. The molecule has 0 N–H and O–H groups in total. The van der Waals surface area contributed by atoms with E-state index in [0.29, 0.717) is 31.4 Å². The number of hydrogen-bond acceptors (Lipinski definition) is 7. The van der Waals surface area contributed by atoms with E-state index in [9.17, 15) is 9.59 Å². The van der Waals surface area contributed by atoms with Gasteiger partial charge < -0.3 is 23.1 Å². The predicted octanol–water partition coefficient (Wildman–Crippen LogP) is 8.83. The molecule has 0 amide bonds. The molecule has 9 heteroatoms. The summed E-state index contributed by atoms with van der Waals surface area (Å²) in [5, 5.41) is 0. The first-order valence-electron chi connectivity index (χ1n) is 19.2. The zero-order valence-electron chi connectivity index (χ0n) is 33.0. The maximum absolute atomic E-state index is 14.1. The van der Waals surface area contributed by atoms with Crippen LogP contribution >= 0.6 is 0 Å². The van der Waals surface area contributed by atoms with Crippen molar-refractivity contribution in [2.45, 2.75) is 150 Å². The average molecular weight is 727 g/mol. The largest absolute Gasteiger partial charge is 0.479 e. The number of hydrogen-bond donors (Lipinski definition) is 0. The molecule has 4 rings (SSSR count). The molecule has 0 spiro atoms. The van der Waals surface area contributed by atoms with Gasteiger partial charge in [0, 0.05) is 17.8 Å². The summed E-state index contributed by atoms with van der Waals surface area (Å²) in [7, 11) is -3.06. The Bertz CT molecular complexity index is 1340. The minimum absolute atomic E-state index is 0.0189. The summed E-state index contributed by atoms with van der Waals surface area (Å²) < 4.78 is 32.6. The van der Waals surface area contributed by atoms with E-state index in [1.807, 2.05) is 30.3 Å². The molecule has 1 aromatic rings. The van der Waals surface area contributed by atoms with Crippen LogP contribution in [0.15, 0.2) is 54.1 Å². The lowest BCUT2D eigenvalue weighted by atomic mass is 9.59. The first-order valence-corrected chi connectivity index (χ1v) is 24.8. The fourth-order valence-corrected chi connectivity index (χ4v) is 10.5. The summed E-state index contributed by atoms with van der Waals surface area (Å²) in [6.07, 6.45) is 9.30. The Morgan fingerprint density at radius 3 is 2.26 bits per heavy atom. The van der Waals surface area contributed by atoms with Gasteiger partial charge in [-0.3, -0.25) is 0 Å². The molecule has 2 aliphatic carbocycles. The minimum Gasteiger partial charge on any atom is -0.479 e. The van der Waals surface area contributed by atoms with Crippen molar-refractivity contribution in [3.8, 4) is 5.75 Å². The van der Waals surface area contributed by atoms with Gasteiger partial charge in [0.05, 0.1) is 5.60 Å². The number of carbonyl (C=O) groups excluding carboxylic acids is 2. The fourth-order valence-electron chi connectivity index (χ4n) is 8.28. The van der Waals surface area contributed by atoms with Gasteiger partial charge in [-0.2, -0.15) is 0 Å². The van der Waals surface area contributed by atoms with Gasteiger partial charge in [0.25, 0.3) is 0 Å². The standard InChI is InChI=1S/C41H66O7Si2/c1-13-17-33(44-30-18-15-14-16-19-30)37(42)46-34-25-29(39(3,4)5)24-28-21-20-27(2)41(35(28)34,48-50(11)12)23-22-31-26-32(40(6,7)8)36(38(43)45-31)47-49(9)10/h14-16,18-21,24,27,29,31-36,49-50H,13,17,22-23,25-26H2,1-12H3/t27-,29+,31+,32-,33?,34-,35+,36?,41-/m0/s1. The quantitative estimate of drug-likeness (QED) is 0.149. The third-order valence-electron chi connectivity index (χ3n) is 10.9. The molecule has 280 valence electrons. The van der Waals surface area contributed by atoms with Crippen LogP contribution < -0.4 is 4.74 Å². The van der Waals surface area contributed by atoms with Crippen LogP contribution in [0.1, 0.15) is 93.9 Å². The lowest BCUT2D eigenvalue weighted by Crippen LogP contribution is -2.58. The number of allylic oxidation sites excluding steroid dienone is 2. The van der Waals surface area contributed by atoms with E-state index >= 15 is 0 Å². The minimum atomic E-state index is -1.61. The molecule has 1 heterocycles. The highest BCUT2D eigenvalue weighted by Crippen LogP contribution is 2.53. The van der Waals surface area contributed by atoms with Crippen molar-refractivity contribution in [1.29, 1.82) is 0 Å². The number of para-hydroxylation sites is 1. The smallest absolute Gasteiger partial charge is 0.347 e. The third-order valence-corrected chi connectivity index (χ3v) is 12.7. The lowest BCUT2D eigenvalue weighted by Gasteiger charge is -2.54. The highest BCUT2D eigenvalue weighted by molar-refractivity contribution is 6.49. The fraction of sp³-hybridized carbons (Fsp3) is 0.707. The molecule has 1 aromatic carbocycles. The second-order valence-corrected chi connectivity index (χ2v) is 22.4. The maximum atomic E-state index is 14.1. The molecule has 0 bridgehead atoms.